The fourth-order valence-electron chi connectivity index (χ4n) is 3.83. The predicted molar refractivity (Wildman–Crippen MR) is 124 cm³/mol. The van der Waals surface area contributed by atoms with Crippen LogP contribution in [0.3, 0.4) is 0 Å². The quantitative estimate of drug-likeness (QED) is 0.591. The maximum absolute atomic E-state index is 13.3. The van der Waals surface area contributed by atoms with Gasteiger partial charge in [-0.05, 0) is 47.7 Å². The zero-order valence-electron chi connectivity index (χ0n) is 19.2. The molecular weight excluding hydrogens is 485 g/mol. The number of fused-ring (bicyclic) bond motifs is 1. The summed E-state index contributed by atoms with van der Waals surface area (Å²) in [5, 5.41) is 1.59. The molecule has 4 rings (SSSR count). The number of thioether (sulfide) groups is 1. The summed E-state index contributed by atoms with van der Waals surface area (Å²) in [7, 11) is 3.15. The number of hydrogen-bond acceptors (Lipinski definition) is 6. The Hall–Kier alpha value is -3.47. The van der Waals surface area contributed by atoms with E-state index in [9.17, 15) is 27.6 Å². The first kappa shape index (κ1) is 24.6. The van der Waals surface area contributed by atoms with Gasteiger partial charge in [-0.1, -0.05) is 19.9 Å². The minimum absolute atomic E-state index is 0.0220. The topological polar surface area (TPSA) is 84.9 Å². The van der Waals surface area contributed by atoms with Gasteiger partial charge in [0.2, 0.25) is 0 Å². The van der Waals surface area contributed by atoms with Crippen LogP contribution in [0.5, 0.6) is 11.5 Å². The molecule has 3 amide bonds. The highest BCUT2D eigenvalue weighted by atomic mass is 32.2. The molecule has 7 nitrogen and oxygen atoms in total. The third kappa shape index (κ3) is 5.00. The third-order valence-corrected chi connectivity index (χ3v) is 6.32. The molecule has 2 aliphatic rings. The normalized spacial score (nSPS) is 17.7. The number of alkyl halides is 3. The number of rotatable bonds is 4. The Morgan fingerprint density at radius 3 is 2.49 bits per heavy atom. The summed E-state index contributed by atoms with van der Waals surface area (Å²) in [6.45, 7) is 4.09. The lowest BCUT2D eigenvalue weighted by Gasteiger charge is -2.20. The van der Waals surface area contributed by atoms with Gasteiger partial charge in [0.05, 0.1) is 11.5 Å². The van der Waals surface area contributed by atoms with Crippen molar-refractivity contribution in [2.75, 3.05) is 20.7 Å². The molecule has 0 atom stereocenters. The first-order valence-corrected chi connectivity index (χ1v) is 11.2. The number of ether oxygens (including phenoxy) is 2. The van der Waals surface area contributed by atoms with E-state index in [1.807, 2.05) is 13.8 Å². The van der Waals surface area contributed by atoms with Gasteiger partial charge in [-0.25, -0.2) is 0 Å². The van der Waals surface area contributed by atoms with E-state index in [4.69, 9.17) is 4.74 Å². The van der Waals surface area contributed by atoms with E-state index in [0.717, 1.165) is 6.07 Å². The van der Waals surface area contributed by atoms with E-state index in [0.29, 0.717) is 28.6 Å². The van der Waals surface area contributed by atoms with Gasteiger partial charge in [0.1, 0.15) is 11.5 Å². The number of carbonyl (C=O) groups excluding carboxylic acids is 3. The number of hydrogen-bond donors (Lipinski definition) is 1. The lowest BCUT2D eigenvalue weighted by atomic mass is 9.83. The molecule has 0 spiro atoms. The maximum Gasteiger partial charge on any atom is 0.573 e. The summed E-state index contributed by atoms with van der Waals surface area (Å²) in [6.07, 6.45) is -3.58. The van der Waals surface area contributed by atoms with E-state index in [1.165, 1.54) is 29.2 Å². The molecule has 2 aromatic rings. The van der Waals surface area contributed by atoms with E-state index in [1.54, 1.807) is 20.2 Å². The van der Waals surface area contributed by atoms with Crippen LogP contribution >= 0.6 is 11.8 Å². The summed E-state index contributed by atoms with van der Waals surface area (Å²) in [5.74, 6) is -1.07. The molecule has 0 radical (unpaired) electrons. The van der Waals surface area contributed by atoms with Crippen molar-refractivity contribution in [2.45, 2.75) is 25.6 Å². The first-order valence-electron chi connectivity index (χ1n) is 10.4. The van der Waals surface area contributed by atoms with Gasteiger partial charge in [-0.3, -0.25) is 19.7 Å². The lowest BCUT2D eigenvalue weighted by molar-refractivity contribution is -0.274. The molecule has 184 valence electrons. The number of carbonyl (C=O) groups is 3. The Labute approximate surface area is 203 Å². The number of amides is 3. The largest absolute Gasteiger partial charge is 0.573 e. The number of nitrogens with zero attached hydrogens (tertiary/aromatic N) is 1. The molecule has 0 aromatic heterocycles. The first-order chi connectivity index (χ1) is 16.2. The molecule has 0 bridgehead atoms. The molecule has 11 heteroatoms. The summed E-state index contributed by atoms with van der Waals surface area (Å²) in [5.41, 5.74) is 1.10. The molecule has 0 aliphatic carbocycles. The van der Waals surface area contributed by atoms with Crippen LogP contribution in [0.2, 0.25) is 0 Å². The van der Waals surface area contributed by atoms with Crippen molar-refractivity contribution in [3.05, 3.63) is 51.9 Å². The molecule has 1 N–H and O–H groups in total. The molecule has 0 unspecified atom stereocenters. The number of benzene rings is 2. The van der Waals surface area contributed by atoms with Gasteiger partial charge in [0.15, 0.2) is 0 Å². The van der Waals surface area contributed by atoms with Crippen LogP contribution in [0, 0.1) is 0 Å². The Balaban J connectivity index is 1.95. The van der Waals surface area contributed by atoms with Gasteiger partial charge in [-0.2, -0.15) is 0 Å². The highest BCUT2D eigenvalue weighted by Gasteiger charge is 2.37. The summed E-state index contributed by atoms with van der Waals surface area (Å²) >= 11 is 0.689. The van der Waals surface area contributed by atoms with Gasteiger partial charge in [0.25, 0.3) is 17.1 Å². The van der Waals surface area contributed by atoms with Crippen LogP contribution in [0.1, 0.15) is 35.3 Å². The Bertz CT molecular complexity index is 1280. The molecule has 1 saturated heterocycles. The number of imide groups is 1. The average molecular weight is 507 g/mol. The summed E-state index contributed by atoms with van der Waals surface area (Å²) in [6, 6.07) is 7.03. The molecule has 2 heterocycles. The van der Waals surface area contributed by atoms with Crippen LogP contribution in [0.25, 0.3) is 17.2 Å². The van der Waals surface area contributed by atoms with Crippen LogP contribution < -0.4 is 14.8 Å². The Kier molecular flexibility index (Phi) is 6.08. The predicted octanol–water partition coefficient (Wildman–Crippen LogP) is 4.95. The lowest BCUT2D eigenvalue weighted by Crippen LogP contribution is -2.23. The fourth-order valence-corrected chi connectivity index (χ4v) is 4.52. The van der Waals surface area contributed by atoms with Crippen molar-refractivity contribution in [2.24, 2.45) is 0 Å². The van der Waals surface area contributed by atoms with Crippen LogP contribution in [-0.2, 0) is 10.2 Å². The van der Waals surface area contributed by atoms with Crippen molar-refractivity contribution < 1.29 is 37.0 Å². The SMILES string of the molecule is CN(C)C(=O)c1cc(-c2cc(C=C3SC(=O)NC3=O)ccc2OC(F)(F)F)c2c(c1)C(C)(C)CO2. The smallest absolute Gasteiger partial charge is 0.492 e. The monoisotopic (exact) mass is 506 g/mol. The van der Waals surface area contributed by atoms with Crippen LogP contribution in [-0.4, -0.2) is 49.0 Å². The number of halogens is 3. The van der Waals surface area contributed by atoms with Crippen molar-refractivity contribution in [3.63, 3.8) is 0 Å². The molecule has 0 saturated carbocycles. The van der Waals surface area contributed by atoms with E-state index in [2.05, 4.69) is 10.1 Å². The Morgan fingerprint density at radius 1 is 1.17 bits per heavy atom. The zero-order chi connectivity index (χ0) is 25.7. The third-order valence-electron chi connectivity index (χ3n) is 5.51. The fraction of sp³-hybridized carbons (Fsp3) is 0.292. The van der Waals surface area contributed by atoms with Gasteiger partial charge >= 0.3 is 6.36 Å². The molecular formula is C24H21F3N2O5S. The van der Waals surface area contributed by atoms with Crippen molar-refractivity contribution in [1.29, 1.82) is 0 Å². The van der Waals surface area contributed by atoms with Gasteiger partial charge in [-0.15, -0.1) is 13.2 Å². The van der Waals surface area contributed by atoms with Crippen LogP contribution in [0.15, 0.2) is 35.2 Å². The second-order valence-electron chi connectivity index (χ2n) is 8.93. The molecule has 2 aromatic carbocycles. The second-order valence-corrected chi connectivity index (χ2v) is 9.94. The second kappa shape index (κ2) is 8.63. The molecule has 2 aliphatic heterocycles. The Morgan fingerprint density at radius 2 is 1.89 bits per heavy atom. The standard InChI is InChI=1S/C24H21F3N2O5S/c1-23(2)11-33-19-15(9-13(10-16(19)23)21(31)29(3)4)14-7-12(5-6-17(14)34-24(25,26)27)8-18-20(30)28-22(32)35-18/h5-10H,11H2,1-4H3,(H,28,30,32). The van der Waals surface area contributed by atoms with E-state index < -0.39 is 28.7 Å². The minimum Gasteiger partial charge on any atom is -0.492 e. The van der Waals surface area contributed by atoms with Crippen molar-refractivity contribution in [1.82, 2.24) is 10.2 Å². The van der Waals surface area contributed by atoms with Crippen LogP contribution in [0.4, 0.5) is 18.0 Å². The van der Waals surface area contributed by atoms with Gasteiger partial charge in [0, 0.05) is 41.8 Å². The minimum atomic E-state index is -4.97. The number of nitrogens with one attached hydrogen (secondary N) is 1. The molecule has 35 heavy (non-hydrogen) atoms. The van der Waals surface area contributed by atoms with Crippen molar-refractivity contribution in [3.8, 4) is 22.6 Å². The highest BCUT2D eigenvalue weighted by Crippen LogP contribution is 2.48. The van der Waals surface area contributed by atoms with Crippen molar-refractivity contribution >= 4 is 34.9 Å². The van der Waals surface area contributed by atoms with E-state index in [-0.39, 0.29) is 34.1 Å². The average Bonchev–Trinajstić information content (AvgIpc) is 3.24. The molecule has 1 fully saturated rings. The van der Waals surface area contributed by atoms with E-state index >= 15 is 0 Å². The summed E-state index contributed by atoms with van der Waals surface area (Å²) < 4.78 is 49.9. The zero-order valence-corrected chi connectivity index (χ0v) is 20.0. The van der Waals surface area contributed by atoms with Gasteiger partial charge < -0.3 is 14.4 Å². The highest BCUT2D eigenvalue weighted by molar-refractivity contribution is 8.18. The summed E-state index contributed by atoms with van der Waals surface area (Å²) in [4.78, 5) is 37.7. The maximum atomic E-state index is 13.3.